The first-order valence-corrected chi connectivity index (χ1v) is 9.91. The van der Waals surface area contributed by atoms with Gasteiger partial charge in [-0.05, 0) is 38.7 Å². The first-order valence-electron chi connectivity index (χ1n) is 8.52. The molecular weight excluding hydrogens is 449 g/mol. The number of aryl methyl sites for hydroxylation is 1. The van der Waals surface area contributed by atoms with Gasteiger partial charge in [0.2, 0.25) is 0 Å². The van der Waals surface area contributed by atoms with E-state index in [0.29, 0.717) is 26.4 Å². The van der Waals surface area contributed by atoms with Crippen LogP contribution in [-0.4, -0.2) is 50.9 Å². The summed E-state index contributed by atoms with van der Waals surface area (Å²) in [6.07, 6.45) is 2.10. The first kappa shape index (κ1) is 24.3. The molecule has 0 amide bonds. The number of aliphatic imine (C=N–C) groups is 1. The molecule has 0 saturated carbocycles. The van der Waals surface area contributed by atoms with Crippen LogP contribution in [0.15, 0.2) is 23.2 Å². The second kappa shape index (κ2) is 15.6. The van der Waals surface area contributed by atoms with Crippen molar-refractivity contribution in [1.29, 1.82) is 0 Å². The van der Waals surface area contributed by atoms with Crippen molar-refractivity contribution in [3.05, 3.63) is 29.3 Å². The number of nitrogens with one attached hydrogen (secondary N) is 2. The van der Waals surface area contributed by atoms with E-state index in [1.807, 2.05) is 18.7 Å². The number of benzene rings is 1. The van der Waals surface area contributed by atoms with E-state index in [0.717, 1.165) is 36.1 Å². The van der Waals surface area contributed by atoms with Gasteiger partial charge in [0.15, 0.2) is 5.96 Å². The van der Waals surface area contributed by atoms with Crippen LogP contribution in [0, 0.1) is 6.92 Å². The Balaban J connectivity index is 0.00000576. The normalized spacial score (nSPS) is 11.0. The molecule has 2 N–H and O–H groups in total. The van der Waals surface area contributed by atoms with Gasteiger partial charge in [0.1, 0.15) is 12.4 Å². The SMILES string of the molecule is CCNC(=NCc1ccc(C)cc1OCCOCC)NCCSC.I. The minimum Gasteiger partial charge on any atom is -0.491 e. The molecule has 0 aromatic heterocycles. The molecule has 0 aliphatic carbocycles. The Morgan fingerprint density at radius 1 is 1.20 bits per heavy atom. The van der Waals surface area contributed by atoms with Crippen LogP contribution in [0.5, 0.6) is 5.75 Å². The second-order valence-electron chi connectivity index (χ2n) is 5.27. The maximum absolute atomic E-state index is 5.87. The van der Waals surface area contributed by atoms with E-state index in [2.05, 4.69) is 53.9 Å². The van der Waals surface area contributed by atoms with Gasteiger partial charge in [-0.1, -0.05) is 12.1 Å². The van der Waals surface area contributed by atoms with Crippen molar-refractivity contribution < 1.29 is 9.47 Å². The lowest BCUT2D eigenvalue weighted by molar-refractivity contribution is 0.110. The Bertz CT molecular complexity index is 501. The average Bonchev–Trinajstić information content (AvgIpc) is 2.58. The molecule has 0 heterocycles. The maximum Gasteiger partial charge on any atom is 0.191 e. The highest BCUT2D eigenvalue weighted by molar-refractivity contribution is 14.0. The number of thioether (sulfide) groups is 1. The molecule has 144 valence electrons. The zero-order valence-electron chi connectivity index (χ0n) is 15.8. The molecule has 0 aliphatic rings. The number of hydrogen-bond donors (Lipinski definition) is 2. The Morgan fingerprint density at radius 2 is 2.00 bits per heavy atom. The zero-order valence-corrected chi connectivity index (χ0v) is 18.9. The molecule has 0 atom stereocenters. The topological polar surface area (TPSA) is 54.9 Å². The lowest BCUT2D eigenvalue weighted by atomic mass is 10.1. The summed E-state index contributed by atoms with van der Waals surface area (Å²) in [4.78, 5) is 4.66. The van der Waals surface area contributed by atoms with Crippen molar-refractivity contribution in [1.82, 2.24) is 10.6 Å². The molecule has 25 heavy (non-hydrogen) atoms. The Kier molecular flexibility index (Phi) is 15.2. The lowest BCUT2D eigenvalue weighted by Gasteiger charge is -2.13. The minimum absolute atomic E-state index is 0. The Morgan fingerprint density at radius 3 is 2.68 bits per heavy atom. The number of guanidine groups is 1. The number of rotatable bonds is 11. The summed E-state index contributed by atoms with van der Waals surface area (Å²) in [6, 6.07) is 6.24. The van der Waals surface area contributed by atoms with Gasteiger partial charge < -0.3 is 20.1 Å². The first-order chi connectivity index (χ1) is 11.7. The van der Waals surface area contributed by atoms with E-state index in [4.69, 9.17) is 9.47 Å². The van der Waals surface area contributed by atoms with E-state index >= 15 is 0 Å². The van der Waals surface area contributed by atoms with Crippen molar-refractivity contribution in [2.24, 2.45) is 4.99 Å². The highest BCUT2D eigenvalue weighted by Gasteiger charge is 2.05. The summed E-state index contributed by atoms with van der Waals surface area (Å²) in [6.45, 7) is 10.3. The Hall–Kier alpha value is -0.670. The van der Waals surface area contributed by atoms with Crippen LogP contribution in [-0.2, 0) is 11.3 Å². The zero-order chi connectivity index (χ0) is 17.6. The third-order valence-corrected chi connectivity index (χ3v) is 3.87. The molecule has 0 fully saturated rings. The third kappa shape index (κ3) is 10.8. The molecule has 0 saturated heterocycles. The van der Waals surface area contributed by atoms with Crippen molar-refractivity contribution in [3.63, 3.8) is 0 Å². The van der Waals surface area contributed by atoms with Gasteiger partial charge in [-0.15, -0.1) is 24.0 Å². The molecule has 0 spiro atoms. The van der Waals surface area contributed by atoms with Crippen LogP contribution in [0.3, 0.4) is 0 Å². The molecule has 0 radical (unpaired) electrons. The summed E-state index contributed by atoms with van der Waals surface area (Å²) >= 11 is 1.82. The van der Waals surface area contributed by atoms with Gasteiger partial charge in [0.05, 0.1) is 13.2 Å². The predicted octanol–water partition coefficient (Wildman–Crippen LogP) is 3.45. The van der Waals surface area contributed by atoms with Gasteiger partial charge in [0.25, 0.3) is 0 Å². The highest BCUT2D eigenvalue weighted by atomic mass is 127. The van der Waals surface area contributed by atoms with Crippen LogP contribution in [0.1, 0.15) is 25.0 Å². The number of hydrogen-bond acceptors (Lipinski definition) is 4. The van der Waals surface area contributed by atoms with E-state index < -0.39 is 0 Å². The van der Waals surface area contributed by atoms with Crippen molar-refractivity contribution in [3.8, 4) is 5.75 Å². The van der Waals surface area contributed by atoms with Crippen molar-refractivity contribution in [2.75, 3.05) is 44.9 Å². The molecule has 1 rings (SSSR count). The summed E-state index contributed by atoms with van der Waals surface area (Å²) in [5, 5.41) is 6.61. The molecule has 0 unspecified atom stereocenters. The van der Waals surface area contributed by atoms with E-state index in [9.17, 15) is 0 Å². The molecule has 1 aromatic rings. The molecule has 0 aliphatic heterocycles. The predicted molar refractivity (Wildman–Crippen MR) is 120 cm³/mol. The number of nitrogens with zero attached hydrogens (tertiary/aromatic N) is 1. The monoisotopic (exact) mass is 481 g/mol. The quantitative estimate of drug-likeness (QED) is 0.220. The molecule has 5 nitrogen and oxygen atoms in total. The van der Waals surface area contributed by atoms with Gasteiger partial charge in [-0.3, -0.25) is 0 Å². The third-order valence-electron chi connectivity index (χ3n) is 3.26. The van der Waals surface area contributed by atoms with E-state index in [-0.39, 0.29) is 24.0 Å². The average molecular weight is 481 g/mol. The molecule has 7 heteroatoms. The summed E-state index contributed by atoms with van der Waals surface area (Å²) in [5.74, 6) is 2.78. The fourth-order valence-electron chi connectivity index (χ4n) is 2.06. The van der Waals surface area contributed by atoms with Crippen LogP contribution in [0.25, 0.3) is 0 Å². The number of halogens is 1. The fourth-order valence-corrected chi connectivity index (χ4v) is 2.37. The van der Waals surface area contributed by atoms with Gasteiger partial charge >= 0.3 is 0 Å². The smallest absolute Gasteiger partial charge is 0.191 e. The van der Waals surface area contributed by atoms with Gasteiger partial charge in [-0.2, -0.15) is 11.8 Å². The van der Waals surface area contributed by atoms with Crippen LogP contribution >= 0.6 is 35.7 Å². The molecule has 1 aromatic carbocycles. The number of ether oxygens (including phenoxy) is 2. The highest BCUT2D eigenvalue weighted by Crippen LogP contribution is 2.21. The lowest BCUT2D eigenvalue weighted by Crippen LogP contribution is -2.38. The van der Waals surface area contributed by atoms with Crippen LogP contribution < -0.4 is 15.4 Å². The van der Waals surface area contributed by atoms with Gasteiger partial charge in [-0.25, -0.2) is 4.99 Å². The van der Waals surface area contributed by atoms with E-state index in [1.54, 1.807) is 0 Å². The van der Waals surface area contributed by atoms with Crippen LogP contribution in [0.4, 0.5) is 0 Å². The molecular formula is C18H32IN3O2S. The van der Waals surface area contributed by atoms with Crippen molar-refractivity contribution in [2.45, 2.75) is 27.3 Å². The van der Waals surface area contributed by atoms with E-state index in [1.165, 1.54) is 5.56 Å². The summed E-state index contributed by atoms with van der Waals surface area (Å²) < 4.78 is 11.2. The minimum atomic E-state index is 0. The maximum atomic E-state index is 5.87. The largest absolute Gasteiger partial charge is 0.491 e. The fraction of sp³-hybridized carbons (Fsp3) is 0.611. The van der Waals surface area contributed by atoms with Gasteiger partial charge in [0, 0.05) is 31.0 Å². The molecule has 0 bridgehead atoms. The second-order valence-corrected chi connectivity index (χ2v) is 6.26. The standard InChI is InChI=1S/C18H31N3O2S.HI/c1-5-19-18(20-9-12-24-4)21-14-16-8-7-15(3)13-17(16)23-11-10-22-6-2;/h7-8,13H,5-6,9-12,14H2,1-4H3,(H2,19,20,21);1H. The summed E-state index contributed by atoms with van der Waals surface area (Å²) in [7, 11) is 0. The van der Waals surface area contributed by atoms with Crippen LogP contribution in [0.2, 0.25) is 0 Å². The Labute approximate surface area is 173 Å². The summed E-state index contributed by atoms with van der Waals surface area (Å²) in [5.41, 5.74) is 2.26. The van der Waals surface area contributed by atoms with Crippen molar-refractivity contribution >= 4 is 41.7 Å².